The van der Waals surface area contributed by atoms with Gasteiger partial charge >= 0.3 is 0 Å². The molecule has 0 radical (unpaired) electrons. The van der Waals surface area contributed by atoms with Gasteiger partial charge < -0.3 is 19.7 Å². The molecule has 0 aliphatic heterocycles. The van der Waals surface area contributed by atoms with Gasteiger partial charge in [0.1, 0.15) is 0 Å². The SMILES string of the molecule is CCC(O)CNC(=O)CN(C)C(=O)c1ccco1. The number of aliphatic hydroxyl groups is 1. The number of carbonyl (C=O) groups is 2. The Labute approximate surface area is 106 Å². The summed E-state index contributed by atoms with van der Waals surface area (Å²) < 4.78 is 4.95. The van der Waals surface area contributed by atoms with Gasteiger partial charge in [0.25, 0.3) is 5.91 Å². The van der Waals surface area contributed by atoms with E-state index in [2.05, 4.69) is 5.32 Å². The molecule has 1 aromatic rings. The molecule has 1 heterocycles. The number of amides is 2. The first-order valence-electron chi connectivity index (χ1n) is 5.78. The van der Waals surface area contributed by atoms with E-state index in [-0.39, 0.29) is 30.7 Å². The number of furan rings is 1. The van der Waals surface area contributed by atoms with E-state index in [9.17, 15) is 14.7 Å². The molecule has 2 amide bonds. The number of rotatable bonds is 6. The third-order valence-electron chi connectivity index (χ3n) is 2.47. The first-order valence-corrected chi connectivity index (χ1v) is 5.78. The number of nitrogens with one attached hydrogen (secondary N) is 1. The molecule has 6 heteroatoms. The van der Waals surface area contributed by atoms with E-state index in [1.807, 2.05) is 6.92 Å². The molecule has 0 aliphatic carbocycles. The second-order valence-corrected chi connectivity index (χ2v) is 4.00. The molecule has 6 nitrogen and oxygen atoms in total. The lowest BCUT2D eigenvalue weighted by Gasteiger charge is -2.16. The van der Waals surface area contributed by atoms with Crippen molar-refractivity contribution in [2.24, 2.45) is 0 Å². The average Bonchev–Trinajstić information content (AvgIpc) is 2.88. The molecule has 0 aliphatic rings. The third kappa shape index (κ3) is 4.21. The summed E-state index contributed by atoms with van der Waals surface area (Å²) in [5.41, 5.74) is 0. The van der Waals surface area contributed by atoms with E-state index in [0.717, 1.165) is 0 Å². The van der Waals surface area contributed by atoms with E-state index in [1.165, 1.54) is 24.3 Å². The first kappa shape index (κ1) is 14.2. The normalized spacial score (nSPS) is 11.9. The van der Waals surface area contributed by atoms with Crippen LogP contribution in [-0.4, -0.2) is 48.1 Å². The van der Waals surface area contributed by atoms with E-state index >= 15 is 0 Å². The van der Waals surface area contributed by atoms with Gasteiger partial charge in [-0.05, 0) is 18.6 Å². The van der Waals surface area contributed by atoms with Crippen molar-refractivity contribution in [2.45, 2.75) is 19.4 Å². The molecule has 0 saturated carbocycles. The highest BCUT2D eigenvalue weighted by molar-refractivity contribution is 5.94. The topological polar surface area (TPSA) is 82.8 Å². The van der Waals surface area contributed by atoms with Crippen molar-refractivity contribution in [1.29, 1.82) is 0 Å². The number of likely N-dealkylation sites (N-methyl/N-ethyl adjacent to an activating group) is 1. The van der Waals surface area contributed by atoms with Crippen LogP contribution in [0.4, 0.5) is 0 Å². The van der Waals surface area contributed by atoms with Crippen molar-refractivity contribution in [3.05, 3.63) is 24.2 Å². The number of hydrogen-bond acceptors (Lipinski definition) is 4. The van der Waals surface area contributed by atoms with Crippen molar-refractivity contribution in [3.8, 4) is 0 Å². The molecule has 0 saturated heterocycles. The van der Waals surface area contributed by atoms with Crippen LogP contribution < -0.4 is 5.32 Å². The second kappa shape index (κ2) is 6.80. The van der Waals surface area contributed by atoms with Gasteiger partial charge in [0.2, 0.25) is 5.91 Å². The van der Waals surface area contributed by atoms with E-state index in [1.54, 1.807) is 6.07 Å². The molecule has 0 aromatic carbocycles. The largest absolute Gasteiger partial charge is 0.459 e. The summed E-state index contributed by atoms with van der Waals surface area (Å²) in [6.07, 6.45) is 1.42. The van der Waals surface area contributed by atoms with Crippen LogP contribution in [0.5, 0.6) is 0 Å². The van der Waals surface area contributed by atoms with Crippen LogP contribution in [0.3, 0.4) is 0 Å². The number of hydrogen-bond donors (Lipinski definition) is 2. The van der Waals surface area contributed by atoms with Gasteiger partial charge in [-0.15, -0.1) is 0 Å². The van der Waals surface area contributed by atoms with Gasteiger partial charge in [0.05, 0.1) is 18.9 Å². The fraction of sp³-hybridized carbons (Fsp3) is 0.500. The minimum Gasteiger partial charge on any atom is -0.459 e. The summed E-state index contributed by atoms with van der Waals surface area (Å²) >= 11 is 0. The van der Waals surface area contributed by atoms with Crippen LogP contribution in [-0.2, 0) is 4.79 Å². The Morgan fingerprint density at radius 3 is 2.83 bits per heavy atom. The molecule has 2 N–H and O–H groups in total. The molecule has 1 unspecified atom stereocenters. The lowest BCUT2D eigenvalue weighted by molar-refractivity contribution is -0.122. The quantitative estimate of drug-likeness (QED) is 0.761. The molecule has 0 bridgehead atoms. The highest BCUT2D eigenvalue weighted by atomic mass is 16.3. The van der Waals surface area contributed by atoms with Gasteiger partial charge in [-0.25, -0.2) is 0 Å². The summed E-state index contributed by atoms with van der Waals surface area (Å²) in [6, 6.07) is 3.15. The van der Waals surface area contributed by atoms with Crippen molar-refractivity contribution >= 4 is 11.8 Å². The number of nitrogens with zero attached hydrogens (tertiary/aromatic N) is 1. The van der Waals surface area contributed by atoms with Crippen LogP contribution in [0.1, 0.15) is 23.9 Å². The fourth-order valence-corrected chi connectivity index (χ4v) is 1.31. The first-order chi connectivity index (χ1) is 8.54. The molecule has 1 atom stereocenters. The Balaban J connectivity index is 2.38. The van der Waals surface area contributed by atoms with Crippen LogP contribution in [0, 0.1) is 0 Å². The Morgan fingerprint density at radius 2 is 2.28 bits per heavy atom. The summed E-state index contributed by atoms with van der Waals surface area (Å²) in [4.78, 5) is 24.5. The van der Waals surface area contributed by atoms with E-state index in [4.69, 9.17) is 4.42 Å². The predicted octanol–water partition coefficient (Wildman–Crippen LogP) is 0.239. The van der Waals surface area contributed by atoms with Crippen molar-refractivity contribution in [2.75, 3.05) is 20.1 Å². The van der Waals surface area contributed by atoms with Crippen LogP contribution in [0.25, 0.3) is 0 Å². The molecule has 0 fully saturated rings. The summed E-state index contributed by atoms with van der Waals surface area (Å²) in [5, 5.41) is 11.8. The summed E-state index contributed by atoms with van der Waals surface area (Å²) in [7, 11) is 1.51. The van der Waals surface area contributed by atoms with Crippen LogP contribution >= 0.6 is 0 Å². The zero-order valence-electron chi connectivity index (χ0n) is 10.5. The Kier molecular flexibility index (Phi) is 5.38. The smallest absolute Gasteiger partial charge is 0.289 e. The lowest BCUT2D eigenvalue weighted by Crippen LogP contribution is -2.40. The lowest BCUT2D eigenvalue weighted by atomic mass is 10.3. The molecule has 1 rings (SSSR count). The molecule has 0 spiro atoms. The van der Waals surface area contributed by atoms with Crippen LogP contribution in [0.2, 0.25) is 0 Å². The standard InChI is InChI=1S/C12H18N2O4/c1-3-9(15)7-13-11(16)8-14(2)12(17)10-5-4-6-18-10/h4-6,9,15H,3,7-8H2,1-2H3,(H,13,16). The van der Waals surface area contributed by atoms with Gasteiger partial charge in [0, 0.05) is 13.6 Å². The Morgan fingerprint density at radius 1 is 1.56 bits per heavy atom. The Bertz CT molecular complexity index is 389. The number of aliphatic hydroxyl groups excluding tert-OH is 1. The minimum atomic E-state index is -0.556. The zero-order chi connectivity index (χ0) is 13.5. The van der Waals surface area contributed by atoms with Gasteiger partial charge in [0.15, 0.2) is 5.76 Å². The van der Waals surface area contributed by atoms with Crippen molar-refractivity contribution in [1.82, 2.24) is 10.2 Å². The van der Waals surface area contributed by atoms with Crippen molar-refractivity contribution < 1.29 is 19.1 Å². The fourth-order valence-electron chi connectivity index (χ4n) is 1.31. The molecular weight excluding hydrogens is 236 g/mol. The van der Waals surface area contributed by atoms with E-state index in [0.29, 0.717) is 6.42 Å². The molecule has 100 valence electrons. The Hall–Kier alpha value is -1.82. The van der Waals surface area contributed by atoms with Crippen molar-refractivity contribution in [3.63, 3.8) is 0 Å². The van der Waals surface area contributed by atoms with Gasteiger partial charge in [-0.1, -0.05) is 6.92 Å². The van der Waals surface area contributed by atoms with Gasteiger partial charge in [-0.2, -0.15) is 0 Å². The maximum Gasteiger partial charge on any atom is 0.289 e. The average molecular weight is 254 g/mol. The maximum absolute atomic E-state index is 11.7. The second-order valence-electron chi connectivity index (χ2n) is 4.00. The summed E-state index contributed by atoms with van der Waals surface area (Å²) in [6.45, 7) is 1.94. The maximum atomic E-state index is 11.7. The molecule has 18 heavy (non-hydrogen) atoms. The third-order valence-corrected chi connectivity index (χ3v) is 2.47. The zero-order valence-corrected chi connectivity index (χ0v) is 10.5. The van der Waals surface area contributed by atoms with E-state index < -0.39 is 6.10 Å². The molecular formula is C12H18N2O4. The summed E-state index contributed by atoms with van der Waals surface area (Å²) in [5.74, 6) is -0.477. The predicted molar refractivity (Wildman–Crippen MR) is 65.0 cm³/mol. The monoisotopic (exact) mass is 254 g/mol. The molecule has 1 aromatic heterocycles. The van der Waals surface area contributed by atoms with Gasteiger partial charge in [-0.3, -0.25) is 9.59 Å². The number of carbonyl (C=O) groups excluding carboxylic acids is 2. The van der Waals surface area contributed by atoms with Crippen LogP contribution in [0.15, 0.2) is 22.8 Å². The highest BCUT2D eigenvalue weighted by Gasteiger charge is 2.17. The minimum absolute atomic E-state index is 0.0734. The highest BCUT2D eigenvalue weighted by Crippen LogP contribution is 2.03.